The van der Waals surface area contributed by atoms with Crippen LogP contribution in [0.2, 0.25) is 0 Å². The van der Waals surface area contributed by atoms with Gasteiger partial charge in [0.25, 0.3) is 0 Å². The molecule has 1 heterocycles. The lowest BCUT2D eigenvalue weighted by atomic mass is 10.1. The van der Waals surface area contributed by atoms with Crippen molar-refractivity contribution in [2.75, 3.05) is 7.11 Å². The Morgan fingerprint density at radius 3 is 2.50 bits per heavy atom. The summed E-state index contributed by atoms with van der Waals surface area (Å²) in [6.07, 6.45) is 1.19. The molecule has 0 saturated heterocycles. The van der Waals surface area contributed by atoms with Gasteiger partial charge in [-0.3, -0.25) is 0 Å². The summed E-state index contributed by atoms with van der Waals surface area (Å²) in [4.78, 5) is 0. The highest BCUT2D eigenvalue weighted by Crippen LogP contribution is 2.28. The van der Waals surface area contributed by atoms with Gasteiger partial charge in [-0.25, -0.2) is 0 Å². The van der Waals surface area contributed by atoms with Crippen LogP contribution in [0.15, 0.2) is 35.1 Å². The van der Waals surface area contributed by atoms with Crippen LogP contribution >= 0.6 is 0 Å². The molecule has 0 unspecified atom stereocenters. The van der Waals surface area contributed by atoms with E-state index in [0.717, 1.165) is 11.3 Å². The number of benzene rings is 1. The summed E-state index contributed by atoms with van der Waals surface area (Å²) >= 11 is 0. The second-order valence-corrected chi connectivity index (χ2v) is 2.78. The largest absolute Gasteiger partial charge is 0.503 e. The van der Waals surface area contributed by atoms with E-state index in [4.69, 9.17) is 4.74 Å². The molecule has 0 amide bonds. The van der Waals surface area contributed by atoms with Crippen molar-refractivity contribution in [3.63, 3.8) is 0 Å². The van der Waals surface area contributed by atoms with Crippen molar-refractivity contribution in [1.82, 2.24) is 5.16 Å². The van der Waals surface area contributed by atoms with Gasteiger partial charge in [0.2, 0.25) is 0 Å². The summed E-state index contributed by atoms with van der Waals surface area (Å²) in [5.41, 5.74) is 1.23. The van der Waals surface area contributed by atoms with Gasteiger partial charge in [-0.15, -0.1) is 0 Å². The molecule has 0 aliphatic heterocycles. The Balaban J connectivity index is 2.39. The second kappa shape index (κ2) is 3.41. The first kappa shape index (κ1) is 8.62. The zero-order valence-corrected chi connectivity index (χ0v) is 7.60. The maximum Gasteiger partial charge on any atom is 0.183 e. The molecule has 0 spiro atoms. The molecule has 1 aromatic carbocycles. The molecule has 72 valence electrons. The van der Waals surface area contributed by atoms with Crippen LogP contribution < -0.4 is 4.74 Å². The van der Waals surface area contributed by atoms with E-state index < -0.39 is 0 Å². The third-order valence-corrected chi connectivity index (χ3v) is 1.91. The van der Waals surface area contributed by atoms with Gasteiger partial charge in [0.05, 0.1) is 7.11 Å². The van der Waals surface area contributed by atoms with E-state index in [1.165, 1.54) is 6.26 Å². The molecule has 4 nitrogen and oxygen atoms in total. The maximum atomic E-state index is 9.34. The fraction of sp³-hybridized carbons (Fsp3) is 0.100. The fourth-order valence-electron chi connectivity index (χ4n) is 1.18. The lowest BCUT2D eigenvalue weighted by Gasteiger charge is -2.00. The van der Waals surface area contributed by atoms with Gasteiger partial charge in [-0.05, 0) is 24.3 Å². The SMILES string of the molecule is COc1ccc(-c2nocc2O)cc1. The zero-order chi connectivity index (χ0) is 9.97. The number of aromatic nitrogens is 1. The Kier molecular flexibility index (Phi) is 2.10. The van der Waals surface area contributed by atoms with Crippen LogP contribution in [0.3, 0.4) is 0 Å². The molecule has 1 N–H and O–H groups in total. The lowest BCUT2D eigenvalue weighted by molar-refractivity contribution is 0.408. The van der Waals surface area contributed by atoms with Gasteiger partial charge < -0.3 is 14.4 Å². The van der Waals surface area contributed by atoms with E-state index in [2.05, 4.69) is 9.68 Å². The number of hydrogen-bond acceptors (Lipinski definition) is 4. The highest BCUT2D eigenvalue weighted by atomic mass is 16.5. The molecule has 2 rings (SSSR count). The van der Waals surface area contributed by atoms with Gasteiger partial charge in [0.15, 0.2) is 17.7 Å². The normalized spacial score (nSPS) is 10.1. The Bertz CT molecular complexity index is 419. The summed E-state index contributed by atoms with van der Waals surface area (Å²) in [5, 5.41) is 13.0. The molecule has 0 saturated carbocycles. The Morgan fingerprint density at radius 1 is 1.29 bits per heavy atom. The first-order valence-electron chi connectivity index (χ1n) is 4.09. The van der Waals surface area contributed by atoms with Crippen molar-refractivity contribution in [1.29, 1.82) is 0 Å². The fourth-order valence-corrected chi connectivity index (χ4v) is 1.18. The predicted octanol–water partition coefficient (Wildman–Crippen LogP) is 2.06. The molecular weight excluding hydrogens is 182 g/mol. The first-order valence-corrected chi connectivity index (χ1v) is 4.09. The van der Waals surface area contributed by atoms with Crippen molar-refractivity contribution in [3.05, 3.63) is 30.5 Å². The number of ether oxygens (including phenoxy) is 1. The molecule has 14 heavy (non-hydrogen) atoms. The molecule has 0 atom stereocenters. The maximum absolute atomic E-state index is 9.34. The Labute approximate surface area is 80.7 Å². The minimum Gasteiger partial charge on any atom is -0.503 e. The number of aromatic hydroxyl groups is 1. The van der Waals surface area contributed by atoms with Gasteiger partial charge in [0, 0.05) is 5.56 Å². The van der Waals surface area contributed by atoms with Gasteiger partial charge >= 0.3 is 0 Å². The monoisotopic (exact) mass is 191 g/mol. The van der Waals surface area contributed by atoms with Crippen LogP contribution in [-0.2, 0) is 0 Å². The molecule has 0 radical (unpaired) electrons. The molecule has 4 heteroatoms. The number of nitrogens with zero attached hydrogens (tertiary/aromatic N) is 1. The van der Waals surface area contributed by atoms with Gasteiger partial charge in [0.1, 0.15) is 5.75 Å². The van der Waals surface area contributed by atoms with E-state index >= 15 is 0 Å². The predicted molar refractivity (Wildman–Crippen MR) is 50.2 cm³/mol. The second-order valence-electron chi connectivity index (χ2n) is 2.78. The average molecular weight is 191 g/mol. The van der Waals surface area contributed by atoms with E-state index in [1.54, 1.807) is 31.4 Å². The van der Waals surface area contributed by atoms with E-state index in [-0.39, 0.29) is 5.75 Å². The number of rotatable bonds is 2. The van der Waals surface area contributed by atoms with Gasteiger partial charge in [-0.2, -0.15) is 0 Å². The van der Waals surface area contributed by atoms with E-state index in [0.29, 0.717) is 5.69 Å². The zero-order valence-electron chi connectivity index (χ0n) is 7.60. The van der Waals surface area contributed by atoms with Crippen LogP contribution in [0, 0.1) is 0 Å². The minimum absolute atomic E-state index is 0.0372. The highest BCUT2D eigenvalue weighted by Gasteiger charge is 2.08. The van der Waals surface area contributed by atoms with Crippen molar-refractivity contribution in [2.24, 2.45) is 0 Å². The van der Waals surface area contributed by atoms with Crippen molar-refractivity contribution < 1.29 is 14.4 Å². The molecule has 2 aromatic rings. The van der Waals surface area contributed by atoms with Crippen LogP contribution in [0.1, 0.15) is 0 Å². The molecule has 0 aliphatic rings. The molecule has 0 fully saturated rings. The average Bonchev–Trinajstić information content (AvgIpc) is 2.65. The van der Waals surface area contributed by atoms with Crippen molar-refractivity contribution in [3.8, 4) is 22.8 Å². The number of hydrogen-bond donors (Lipinski definition) is 1. The van der Waals surface area contributed by atoms with E-state index in [9.17, 15) is 5.11 Å². The molecular formula is C10H9NO3. The standard InChI is InChI=1S/C10H9NO3/c1-13-8-4-2-7(3-5-8)10-9(12)6-14-11-10/h2-6,12H,1H3. The molecule has 1 aromatic heterocycles. The highest BCUT2D eigenvalue weighted by molar-refractivity contribution is 5.65. The third-order valence-electron chi connectivity index (χ3n) is 1.91. The summed E-state index contributed by atoms with van der Waals surface area (Å²) in [6.45, 7) is 0. The Hall–Kier alpha value is -1.97. The third kappa shape index (κ3) is 1.42. The van der Waals surface area contributed by atoms with Crippen LogP contribution in [0.25, 0.3) is 11.3 Å². The Morgan fingerprint density at radius 2 is 2.00 bits per heavy atom. The van der Waals surface area contributed by atoms with Crippen LogP contribution in [0.5, 0.6) is 11.5 Å². The van der Waals surface area contributed by atoms with Crippen LogP contribution in [0.4, 0.5) is 0 Å². The lowest BCUT2D eigenvalue weighted by Crippen LogP contribution is -1.82. The smallest absolute Gasteiger partial charge is 0.183 e. The van der Waals surface area contributed by atoms with Crippen LogP contribution in [-0.4, -0.2) is 17.4 Å². The molecule has 0 bridgehead atoms. The topological polar surface area (TPSA) is 55.5 Å². The van der Waals surface area contributed by atoms with Crippen molar-refractivity contribution >= 4 is 0 Å². The summed E-state index contributed by atoms with van der Waals surface area (Å²) in [6, 6.07) is 7.19. The summed E-state index contributed by atoms with van der Waals surface area (Å²) in [7, 11) is 1.60. The minimum atomic E-state index is 0.0372. The summed E-state index contributed by atoms with van der Waals surface area (Å²) < 4.78 is 9.64. The van der Waals surface area contributed by atoms with E-state index in [1.807, 2.05) is 0 Å². The van der Waals surface area contributed by atoms with Crippen molar-refractivity contribution in [2.45, 2.75) is 0 Å². The van der Waals surface area contributed by atoms with Gasteiger partial charge in [-0.1, -0.05) is 5.16 Å². The summed E-state index contributed by atoms with van der Waals surface area (Å²) in [5.74, 6) is 0.798. The quantitative estimate of drug-likeness (QED) is 0.789. The first-order chi connectivity index (χ1) is 6.81. The number of methoxy groups -OCH3 is 1. The molecule has 0 aliphatic carbocycles.